The smallest absolute Gasteiger partial charge is 0.259 e. The Hall–Kier alpha value is -1.90. The maximum Gasteiger partial charge on any atom is 0.259 e. The lowest BCUT2D eigenvalue weighted by Crippen LogP contribution is -2.34. The van der Waals surface area contributed by atoms with Crippen molar-refractivity contribution in [2.75, 3.05) is 0 Å². The van der Waals surface area contributed by atoms with E-state index in [1.807, 2.05) is 6.92 Å². The van der Waals surface area contributed by atoms with E-state index in [1.165, 1.54) is 22.8 Å². The van der Waals surface area contributed by atoms with Crippen molar-refractivity contribution < 1.29 is 8.42 Å². The standard InChI is InChI=1S/C14H13ClN4O3S/c1-14(3-4-14)18-23(21,22)8-6-9-12(10(15)7-8)19-11(2-5-16-19)17-13(9)20/h2,5-7,18H,3-4H2,1H3,(H,17,20). The molecule has 0 atom stereocenters. The highest BCUT2D eigenvalue weighted by molar-refractivity contribution is 7.89. The molecule has 0 bridgehead atoms. The zero-order chi connectivity index (χ0) is 16.4. The molecule has 1 aliphatic rings. The van der Waals surface area contributed by atoms with Gasteiger partial charge in [0.1, 0.15) is 5.65 Å². The van der Waals surface area contributed by atoms with Crippen molar-refractivity contribution in [3.05, 3.63) is 39.8 Å². The number of benzene rings is 1. The van der Waals surface area contributed by atoms with Crippen LogP contribution in [0.4, 0.5) is 0 Å². The van der Waals surface area contributed by atoms with E-state index >= 15 is 0 Å². The molecule has 120 valence electrons. The third-order valence-electron chi connectivity index (χ3n) is 4.07. The second kappa shape index (κ2) is 4.56. The van der Waals surface area contributed by atoms with Gasteiger partial charge in [-0.1, -0.05) is 11.6 Å². The summed E-state index contributed by atoms with van der Waals surface area (Å²) in [4.78, 5) is 14.9. The van der Waals surface area contributed by atoms with Crippen LogP contribution in [0, 0.1) is 0 Å². The monoisotopic (exact) mass is 352 g/mol. The maximum absolute atomic E-state index is 12.5. The van der Waals surface area contributed by atoms with Gasteiger partial charge in [0.05, 0.1) is 27.0 Å². The molecular weight excluding hydrogens is 340 g/mol. The molecule has 0 unspecified atom stereocenters. The first-order valence-electron chi connectivity index (χ1n) is 7.02. The number of aromatic nitrogens is 3. The fourth-order valence-electron chi connectivity index (χ4n) is 2.55. The lowest BCUT2D eigenvalue weighted by atomic mass is 10.2. The van der Waals surface area contributed by atoms with Crippen LogP contribution in [0.5, 0.6) is 0 Å². The summed E-state index contributed by atoms with van der Waals surface area (Å²) < 4.78 is 29.1. The fourth-order valence-corrected chi connectivity index (χ4v) is 4.43. The number of aromatic amines is 1. The van der Waals surface area contributed by atoms with E-state index in [-0.39, 0.29) is 15.3 Å². The van der Waals surface area contributed by atoms with Gasteiger partial charge in [0.2, 0.25) is 10.0 Å². The number of nitrogens with one attached hydrogen (secondary N) is 2. The largest absolute Gasteiger partial charge is 0.306 e. The van der Waals surface area contributed by atoms with E-state index in [2.05, 4.69) is 14.8 Å². The maximum atomic E-state index is 12.5. The van der Waals surface area contributed by atoms with Crippen LogP contribution in [0.3, 0.4) is 0 Å². The van der Waals surface area contributed by atoms with Crippen LogP contribution in [0.2, 0.25) is 5.02 Å². The number of H-pyrrole nitrogens is 1. The first kappa shape index (κ1) is 14.7. The summed E-state index contributed by atoms with van der Waals surface area (Å²) in [6, 6.07) is 4.31. The second-order valence-electron chi connectivity index (χ2n) is 6.05. The molecule has 4 rings (SSSR count). The van der Waals surface area contributed by atoms with Gasteiger partial charge in [-0.15, -0.1) is 0 Å². The number of rotatable bonds is 3. The van der Waals surface area contributed by atoms with Crippen LogP contribution in [-0.4, -0.2) is 28.6 Å². The van der Waals surface area contributed by atoms with Gasteiger partial charge in [0.15, 0.2) is 0 Å². The molecule has 2 heterocycles. The zero-order valence-corrected chi connectivity index (χ0v) is 13.7. The minimum atomic E-state index is -3.74. The average Bonchev–Trinajstić information content (AvgIpc) is 2.99. The van der Waals surface area contributed by atoms with Crippen LogP contribution in [-0.2, 0) is 10.0 Å². The normalized spacial score (nSPS) is 17.0. The summed E-state index contributed by atoms with van der Waals surface area (Å²) in [6.45, 7) is 1.84. The molecule has 1 saturated carbocycles. The molecule has 23 heavy (non-hydrogen) atoms. The molecule has 0 radical (unpaired) electrons. The first-order chi connectivity index (χ1) is 10.8. The fraction of sp³-hybridized carbons (Fsp3) is 0.286. The summed E-state index contributed by atoms with van der Waals surface area (Å²) >= 11 is 6.26. The molecule has 1 fully saturated rings. The summed E-state index contributed by atoms with van der Waals surface area (Å²) in [6.07, 6.45) is 3.12. The molecule has 1 aliphatic carbocycles. The van der Waals surface area contributed by atoms with Crippen molar-refractivity contribution in [2.45, 2.75) is 30.2 Å². The van der Waals surface area contributed by atoms with Crippen molar-refractivity contribution >= 4 is 38.2 Å². The van der Waals surface area contributed by atoms with E-state index in [4.69, 9.17) is 11.6 Å². The van der Waals surface area contributed by atoms with Crippen molar-refractivity contribution in [3.8, 4) is 0 Å². The Morgan fingerprint density at radius 1 is 1.39 bits per heavy atom. The number of nitrogens with zero attached hydrogens (tertiary/aromatic N) is 2. The van der Waals surface area contributed by atoms with Crippen molar-refractivity contribution in [1.29, 1.82) is 0 Å². The van der Waals surface area contributed by atoms with E-state index in [1.54, 1.807) is 6.07 Å². The third-order valence-corrected chi connectivity index (χ3v) is 5.97. The number of sulfonamides is 1. The van der Waals surface area contributed by atoms with Crippen LogP contribution < -0.4 is 10.3 Å². The molecule has 0 spiro atoms. The van der Waals surface area contributed by atoms with Crippen LogP contribution in [0.15, 0.2) is 34.1 Å². The highest BCUT2D eigenvalue weighted by Gasteiger charge is 2.41. The first-order valence-corrected chi connectivity index (χ1v) is 8.89. The van der Waals surface area contributed by atoms with Crippen LogP contribution in [0.25, 0.3) is 16.6 Å². The summed E-state index contributed by atoms with van der Waals surface area (Å²) in [5.41, 5.74) is 0.0544. The quantitative estimate of drug-likeness (QED) is 0.749. The van der Waals surface area contributed by atoms with E-state index < -0.39 is 21.1 Å². The predicted molar refractivity (Wildman–Crippen MR) is 86.3 cm³/mol. The van der Waals surface area contributed by atoms with E-state index in [9.17, 15) is 13.2 Å². The van der Waals surface area contributed by atoms with Gasteiger partial charge in [-0.05, 0) is 31.9 Å². The van der Waals surface area contributed by atoms with Gasteiger partial charge in [-0.3, -0.25) is 4.79 Å². The Bertz CT molecular complexity index is 1110. The van der Waals surface area contributed by atoms with Crippen molar-refractivity contribution in [3.63, 3.8) is 0 Å². The van der Waals surface area contributed by atoms with E-state index in [0.29, 0.717) is 11.2 Å². The average molecular weight is 353 g/mol. The summed E-state index contributed by atoms with van der Waals surface area (Å²) in [5.74, 6) is 0. The van der Waals surface area contributed by atoms with Gasteiger partial charge in [0, 0.05) is 11.6 Å². The second-order valence-corrected chi connectivity index (χ2v) is 8.14. The SMILES string of the molecule is CC1(NS(=O)(=O)c2cc(Cl)c3c(c2)c(=O)[nH]c2ccnn23)CC1. The molecule has 1 aromatic carbocycles. The van der Waals surface area contributed by atoms with Gasteiger partial charge in [-0.25, -0.2) is 17.7 Å². The Morgan fingerprint density at radius 3 is 2.83 bits per heavy atom. The Morgan fingerprint density at radius 2 is 2.13 bits per heavy atom. The highest BCUT2D eigenvalue weighted by Crippen LogP contribution is 2.36. The van der Waals surface area contributed by atoms with Crippen LogP contribution >= 0.6 is 11.6 Å². The Kier molecular flexibility index (Phi) is 2.91. The molecule has 9 heteroatoms. The van der Waals surface area contributed by atoms with Gasteiger partial charge < -0.3 is 4.98 Å². The number of hydrogen-bond donors (Lipinski definition) is 2. The number of halogens is 1. The molecule has 2 N–H and O–H groups in total. The lowest BCUT2D eigenvalue weighted by molar-refractivity contribution is 0.558. The van der Waals surface area contributed by atoms with Gasteiger partial charge in [-0.2, -0.15) is 5.10 Å². The highest BCUT2D eigenvalue weighted by atomic mass is 35.5. The van der Waals surface area contributed by atoms with Crippen molar-refractivity contribution in [1.82, 2.24) is 19.3 Å². The van der Waals surface area contributed by atoms with Crippen LogP contribution in [0.1, 0.15) is 19.8 Å². The topological polar surface area (TPSA) is 96.3 Å². The molecule has 0 aliphatic heterocycles. The zero-order valence-electron chi connectivity index (χ0n) is 12.1. The summed E-state index contributed by atoms with van der Waals surface area (Å²) in [5, 5.41) is 4.44. The Labute approximate surface area is 136 Å². The molecule has 0 saturated heterocycles. The molecule has 0 amide bonds. The molecule has 7 nitrogen and oxygen atoms in total. The van der Waals surface area contributed by atoms with Gasteiger partial charge in [0.25, 0.3) is 5.56 Å². The lowest BCUT2D eigenvalue weighted by Gasteiger charge is -2.13. The number of fused-ring (bicyclic) bond motifs is 3. The Balaban J connectivity index is 1.99. The molecule has 2 aromatic heterocycles. The van der Waals surface area contributed by atoms with Crippen molar-refractivity contribution in [2.24, 2.45) is 0 Å². The molecular formula is C14H13ClN4O3S. The third kappa shape index (κ3) is 2.34. The number of hydrogen-bond acceptors (Lipinski definition) is 4. The minimum absolute atomic E-state index is 0.0277. The molecule has 3 aromatic rings. The van der Waals surface area contributed by atoms with E-state index in [0.717, 1.165) is 12.8 Å². The predicted octanol–water partition coefficient (Wildman–Crippen LogP) is 1.66. The summed E-state index contributed by atoms with van der Waals surface area (Å²) in [7, 11) is -3.74. The van der Waals surface area contributed by atoms with Gasteiger partial charge >= 0.3 is 0 Å². The minimum Gasteiger partial charge on any atom is -0.306 e.